The van der Waals surface area contributed by atoms with Crippen LogP contribution in [-0.2, 0) is 8.85 Å². The SMILES string of the molecule is C[Si](C)(C)O/C(=C\[CH2][Sn]([CH3])([CH3])[CH3])CC/C(=C/[CH2][Sn]([CH3])([CH3])[CH3])O[Si](C)(C)C. The van der Waals surface area contributed by atoms with E-state index in [1.807, 2.05) is 0 Å². The molecular weight excluding hydrogens is 566 g/mol. The second kappa shape index (κ2) is 10.8. The summed E-state index contributed by atoms with van der Waals surface area (Å²) in [6.45, 7) is 13.7. The first kappa shape index (κ1) is 27.1. The molecule has 0 N–H and O–H groups in total. The van der Waals surface area contributed by atoms with E-state index >= 15 is 0 Å². The van der Waals surface area contributed by atoms with Gasteiger partial charge in [0.1, 0.15) is 0 Å². The fourth-order valence-corrected chi connectivity index (χ4v) is 9.00. The van der Waals surface area contributed by atoms with E-state index in [-0.39, 0.29) is 0 Å². The fraction of sp³-hybridized carbons (Fsp3) is 0.800. The molecule has 0 aliphatic heterocycles. The molecule has 0 rings (SSSR count). The molecule has 0 saturated heterocycles. The van der Waals surface area contributed by atoms with Crippen molar-refractivity contribution in [3.05, 3.63) is 23.7 Å². The topological polar surface area (TPSA) is 18.5 Å². The average Bonchev–Trinajstić information content (AvgIpc) is 2.33. The third-order valence-corrected chi connectivity index (χ3v) is 13.3. The van der Waals surface area contributed by atoms with Gasteiger partial charge in [0.15, 0.2) is 0 Å². The van der Waals surface area contributed by atoms with Crippen LogP contribution in [0.2, 0.25) is 77.8 Å². The summed E-state index contributed by atoms with van der Waals surface area (Å²) in [7, 11) is -3.14. The molecule has 0 heterocycles. The summed E-state index contributed by atoms with van der Waals surface area (Å²) in [5.74, 6) is 2.44. The van der Waals surface area contributed by atoms with E-state index < -0.39 is 53.4 Å². The molecule has 6 heteroatoms. The van der Waals surface area contributed by atoms with Gasteiger partial charge in [-0.05, 0) is 0 Å². The first-order chi connectivity index (χ1) is 11.4. The van der Waals surface area contributed by atoms with Gasteiger partial charge in [0.2, 0.25) is 0 Å². The Hall–Kier alpha value is 1.11. The third-order valence-electron chi connectivity index (χ3n) is 3.38. The summed E-state index contributed by atoms with van der Waals surface area (Å²) in [5.41, 5.74) is 0. The Morgan fingerprint density at radius 2 is 0.885 bits per heavy atom. The monoisotopic (exact) mass is 614 g/mol. The zero-order valence-electron chi connectivity index (χ0n) is 19.8. The standard InChI is InChI=1S/C14H28O2Si2.6CH3.2Sn/c1-9-13(15-17(3,4)5)11-12-14(10-2)16-18(6,7)8;;;;;;;;/h9-10H,1-2,11-12H2,3-8H3;6*1H3;;/b13-9-,14-10-;;;;;;;;. The molecule has 0 atom stereocenters. The van der Waals surface area contributed by atoms with Crippen molar-refractivity contribution in [1.29, 1.82) is 0 Å². The molecule has 0 amide bonds. The van der Waals surface area contributed by atoms with E-state index in [0.717, 1.165) is 12.8 Å². The van der Waals surface area contributed by atoms with Gasteiger partial charge < -0.3 is 0 Å². The van der Waals surface area contributed by atoms with Crippen molar-refractivity contribution in [3.63, 3.8) is 0 Å². The van der Waals surface area contributed by atoms with Gasteiger partial charge in [-0.1, -0.05) is 0 Å². The predicted molar refractivity (Wildman–Crippen MR) is 131 cm³/mol. The Labute approximate surface area is 175 Å². The van der Waals surface area contributed by atoms with Crippen LogP contribution in [0.15, 0.2) is 23.7 Å². The Morgan fingerprint density at radius 1 is 0.615 bits per heavy atom. The Morgan fingerprint density at radius 3 is 1.08 bits per heavy atom. The van der Waals surface area contributed by atoms with Gasteiger partial charge in [-0.3, -0.25) is 0 Å². The minimum absolute atomic E-state index is 0.988. The molecule has 154 valence electrons. The molecule has 2 nitrogen and oxygen atoms in total. The van der Waals surface area contributed by atoms with Gasteiger partial charge in [0.05, 0.1) is 0 Å². The van der Waals surface area contributed by atoms with E-state index in [1.54, 1.807) is 0 Å². The molecule has 0 aliphatic carbocycles. The summed E-state index contributed by atoms with van der Waals surface area (Å²) in [5, 5.41) is 0. The van der Waals surface area contributed by atoms with Crippen molar-refractivity contribution in [3.8, 4) is 0 Å². The zero-order chi connectivity index (χ0) is 20.8. The molecule has 0 saturated carbocycles. The Kier molecular flexibility index (Phi) is 11.2. The van der Waals surface area contributed by atoms with Gasteiger partial charge in [0, 0.05) is 0 Å². The van der Waals surface area contributed by atoms with Crippen LogP contribution >= 0.6 is 0 Å². The van der Waals surface area contributed by atoms with Crippen LogP contribution in [0.4, 0.5) is 0 Å². The summed E-state index contributed by atoms with van der Waals surface area (Å²) >= 11 is -3.63. The van der Waals surface area contributed by atoms with Gasteiger partial charge >= 0.3 is 177 Å². The van der Waals surface area contributed by atoms with Crippen molar-refractivity contribution < 1.29 is 8.85 Å². The molecule has 0 spiro atoms. The van der Waals surface area contributed by atoms with Crippen LogP contribution in [0, 0.1) is 0 Å². The van der Waals surface area contributed by atoms with Crippen molar-refractivity contribution in [2.75, 3.05) is 0 Å². The predicted octanol–water partition coefficient (Wildman–Crippen LogP) is 7.91. The first-order valence-corrected chi connectivity index (χ1v) is 38.1. The number of hydrogen-bond acceptors (Lipinski definition) is 2. The average molecular weight is 612 g/mol. The van der Waals surface area contributed by atoms with Crippen LogP contribution < -0.4 is 0 Å². The van der Waals surface area contributed by atoms with Crippen LogP contribution in [0.25, 0.3) is 0 Å². The molecule has 0 aromatic heterocycles. The van der Waals surface area contributed by atoms with Gasteiger partial charge in [-0.15, -0.1) is 0 Å². The second-order valence-electron chi connectivity index (χ2n) is 11.8. The van der Waals surface area contributed by atoms with Crippen LogP contribution in [0.3, 0.4) is 0 Å². The van der Waals surface area contributed by atoms with Gasteiger partial charge in [-0.25, -0.2) is 0 Å². The molecular formula is C20H46O2Si2Sn2. The molecule has 0 radical (unpaired) electrons. The molecule has 0 fully saturated rings. The van der Waals surface area contributed by atoms with Gasteiger partial charge in [-0.2, -0.15) is 0 Å². The molecule has 0 aromatic rings. The summed E-state index contributed by atoms with van der Waals surface area (Å²) in [6.07, 6.45) is 6.82. The molecule has 0 aromatic carbocycles. The summed E-state index contributed by atoms with van der Waals surface area (Å²) in [4.78, 5) is 15.0. The zero-order valence-corrected chi connectivity index (χ0v) is 27.5. The molecule has 26 heavy (non-hydrogen) atoms. The van der Waals surface area contributed by atoms with Gasteiger partial charge in [0.25, 0.3) is 0 Å². The van der Waals surface area contributed by atoms with Crippen molar-refractivity contribution in [1.82, 2.24) is 0 Å². The summed E-state index contributed by atoms with van der Waals surface area (Å²) in [6, 6.07) is 0. The quantitative estimate of drug-likeness (QED) is 0.175. The van der Waals surface area contributed by atoms with E-state index in [1.165, 1.54) is 20.4 Å². The molecule has 0 bridgehead atoms. The Bertz CT molecular complexity index is 442. The summed E-state index contributed by atoms with van der Waals surface area (Å²) < 4.78 is 15.4. The molecule has 0 unspecified atom stereocenters. The number of rotatable bonds is 11. The fourth-order valence-electron chi connectivity index (χ4n) is 2.26. The van der Waals surface area contributed by atoms with Crippen molar-refractivity contribution in [2.24, 2.45) is 0 Å². The van der Waals surface area contributed by atoms with E-state index in [0.29, 0.717) is 0 Å². The van der Waals surface area contributed by atoms with Crippen molar-refractivity contribution in [2.45, 2.75) is 90.6 Å². The van der Waals surface area contributed by atoms with E-state index in [4.69, 9.17) is 8.85 Å². The van der Waals surface area contributed by atoms with E-state index in [9.17, 15) is 0 Å². The Balaban J connectivity index is 5.24. The second-order valence-corrected chi connectivity index (χ2v) is 52.2. The maximum atomic E-state index is 6.43. The normalized spacial score (nSPS) is 15.2. The molecule has 0 aliphatic rings. The number of allylic oxidation sites excluding steroid dienone is 4. The third kappa shape index (κ3) is 18.5. The van der Waals surface area contributed by atoms with Crippen molar-refractivity contribution >= 4 is 53.4 Å². The first-order valence-electron chi connectivity index (χ1n) is 10.1. The van der Waals surface area contributed by atoms with Crippen LogP contribution in [0.1, 0.15) is 12.8 Å². The number of hydrogen-bond donors (Lipinski definition) is 0. The maximum absolute atomic E-state index is 6.43. The van der Waals surface area contributed by atoms with Crippen LogP contribution in [0.5, 0.6) is 0 Å². The minimum atomic E-state index is -1.82. The van der Waals surface area contributed by atoms with E-state index in [2.05, 4.69) is 81.1 Å². The van der Waals surface area contributed by atoms with Crippen LogP contribution in [-0.4, -0.2) is 53.4 Å².